The van der Waals surface area contributed by atoms with Crippen molar-refractivity contribution in [1.29, 1.82) is 0 Å². The van der Waals surface area contributed by atoms with Gasteiger partial charge in [-0.15, -0.1) is 0 Å². The van der Waals surface area contributed by atoms with Gasteiger partial charge in [-0.2, -0.15) is 0 Å². The van der Waals surface area contributed by atoms with Gasteiger partial charge in [-0.05, 0) is 12.1 Å². The van der Waals surface area contributed by atoms with E-state index in [1.54, 1.807) is 18.2 Å². The van der Waals surface area contributed by atoms with Crippen LogP contribution < -0.4 is 0 Å². The number of rotatable bonds is 6. The molecule has 12 nitrogen and oxygen atoms in total. The van der Waals surface area contributed by atoms with Crippen LogP contribution in [0.4, 0.5) is 0 Å². The number of benzene rings is 1. The van der Waals surface area contributed by atoms with Gasteiger partial charge in [-0.25, -0.2) is 0 Å². The molecule has 2 aliphatic heterocycles. The zero-order valence-corrected chi connectivity index (χ0v) is 16.3. The molecule has 12 heteroatoms. The summed E-state index contributed by atoms with van der Waals surface area (Å²) in [5.74, 6) is -0.0559. The smallest absolute Gasteiger partial charge is 0.187 e. The summed E-state index contributed by atoms with van der Waals surface area (Å²) in [6.45, 7) is -1.34. The van der Waals surface area contributed by atoms with E-state index in [0.29, 0.717) is 5.56 Å². The van der Waals surface area contributed by atoms with Crippen LogP contribution in [0.3, 0.4) is 0 Å². The predicted octanol–water partition coefficient (Wildman–Crippen LogP) is -3.56. The van der Waals surface area contributed by atoms with Gasteiger partial charge < -0.3 is 55.1 Å². The molecule has 1 aromatic carbocycles. The molecule has 2 heterocycles. The van der Waals surface area contributed by atoms with Gasteiger partial charge in [0.15, 0.2) is 12.5 Å². The molecule has 0 aromatic heterocycles. The van der Waals surface area contributed by atoms with Crippen molar-refractivity contribution in [2.24, 2.45) is 4.99 Å². The second-order valence-electron chi connectivity index (χ2n) is 7.36. The summed E-state index contributed by atoms with van der Waals surface area (Å²) < 4.78 is 16.2. The maximum atomic E-state index is 10.5. The molecule has 2 fully saturated rings. The fraction of sp³-hybridized carbons (Fsp3) is 0.632. The Balaban J connectivity index is 1.72. The van der Waals surface area contributed by atoms with Gasteiger partial charge in [0.2, 0.25) is 0 Å². The molecular weight excluding hydrogens is 418 g/mol. The van der Waals surface area contributed by atoms with Crippen LogP contribution in [-0.4, -0.2) is 122 Å². The summed E-state index contributed by atoms with van der Waals surface area (Å²) in [5, 5.41) is 79.5. The Labute approximate surface area is 177 Å². The lowest BCUT2D eigenvalue weighted by atomic mass is 9.96. The van der Waals surface area contributed by atoms with Crippen LogP contribution in [0.5, 0.6) is 5.75 Å². The SMILES string of the molecule is OC[C@H]1O[C@@H](O[C@H]2[C@H](O)[C@@H](O)C(/N=C/c3ccccc3O)O[C@@H]2CO)[C@H](O)[C@@H](O)[C@H]1O. The minimum absolute atomic E-state index is 0.0559. The van der Waals surface area contributed by atoms with Crippen molar-refractivity contribution in [3.05, 3.63) is 29.8 Å². The molecule has 0 amide bonds. The lowest BCUT2D eigenvalue weighted by Crippen LogP contribution is -2.64. The fourth-order valence-corrected chi connectivity index (χ4v) is 3.44. The Bertz CT molecular complexity index is 745. The van der Waals surface area contributed by atoms with Crippen LogP contribution in [0.1, 0.15) is 5.56 Å². The number of ether oxygens (including phenoxy) is 3. The first kappa shape index (κ1) is 23.9. The van der Waals surface area contributed by atoms with Crippen LogP contribution in [-0.2, 0) is 14.2 Å². The number of hydrogen-bond donors (Lipinski definition) is 8. The maximum Gasteiger partial charge on any atom is 0.187 e. The molecule has 174 valence electrons. The average Bonchev–Trinajstić information content (AvgIpc) is 2.77. The summed E-state index contributed by atoms with van der Waals surface area (Å²) in [4.78, 5) is 4.02. The number of hydrogen-bond acceptors (Lipinski definition) is 12. The molecule has 31 heavy (non-hydrogen) atoms. The third kappa shape index (κ3) is 5.04. The fourth-order valence-electron chi connectivity index (χ4n) is 3.44. The first-order valence-electron chi connectivity index (χ1n) is 9.68. The standard InChI is InChI=1S/C19H27NO11/c21-6-10-12(24)13(25)16(28)19(30-10)31-17-11(7-22)29-18(15(27)14(17)26)20-5-8-3-1-2-4-9(8)23/h1-5,10-19,21-28H,6-7H2/b20-5+/t10-,11-,12+,13+,14-,15-,16-,17-,18?,19+/m1/s1. The van der Waals surface area contributed by atoms with Crippen molar-refractivity contribution >= 4 is 6.21 Å². The maximum absolute atomic E-state index is 10.5. The summed E-state index contributed by atoms with van der Waals surface area (Å²) in [7, 11) is 0. The molecule has 0 saturated carbocycles. The second-order valence-corrected chi connectivity index (χ2v) is 7.36. The van der Waals surface area contributed by atoms with Crippen molar-refractivity contribution in [2.75, 3.05) is 13.2 Å². The number of aliphatic imine (C=N–C) groups is 1. The Morgan fingerprint density at radius 1 is 0.839 bits per heavy atom. The van der Waals surface area contributed by atoms with Crippen molar-refractivity contribution in [3.8, 4) is 5.75 Å². The molecule has 10 atom stereocenters. The molecule has 1 unspecified atom stereocenters. The number of para-hydroxylation sites is 1. The van der Waals surface area contributed by atoms with E-state index >= 15 is 0 Å². The molecular formula is C19H27NO11. The van der Waals surface area contributed by atoms with Crippen molar-refractivity contribution in [1.82, 2.24) is 0 Å². The van der Waals surface area contributed by atoms with Gasteiger partial charge in [0.1, 0.15) is 54.6 Å². The largest absolute Gasteiger partial charge is 0.507 e. The van der Waals surface area contributed by atoms with Crippen LogP contribution >= 0.6 is 0 Å². The average molecular weight is 445 g/mol. The van der Waals surface area contributed by atoms with Gasteiger partial charge >= 0.3 is 0 Å². The lowest BCUT2D eigenvalue weighted by molar-refractivity contribution is -0.341. The van der Waals surface area contributed by atoms with E-state index in [-0.39, 0.29) is 5.75 Å². The Hall–Kier alpha value is -1.71. The lowest BCUT2D eigenvalue weighted by Gasteiger charge is -2.45. The minimum Gasteiger partial charge on any atom is -0.507 e. The Kier molecular flexibility index (Phi) is 7.93. The van der Waals surface area contributed by atoms with Gasteiger partial charge in [-0.1, -0.05) is 12.1 Å². The highest BCUT2D eigenvalue weighted by Crippen LogP contribution is 2.29. The number of phenolic OH excluding ortho intramolecular Hbond substituents is 1. The summed E-state index contributed by atoms with van der Waals surface area (Å²) >= 11 is 0. The molecule has 0 aliphatic carbocycles. The molecule has 2 aliphatic rings. The van der Waals surface area contributed by atoms with E-state index in [4.69, 9.17) is 14.2 Å². The summed E-state index contributed by atoms with van der Waals surface area (Å²) in [5.41, 5.74) is 0.341. The number of aliphatic hydroxyl groups excluding tert-OH is 7. The van der Waals surface area contributed by atoms with Crippen LogP contribution in [0.2, 0.25) is 0 Å². The molecule has 8 N–H and O–H groups in total. The van der Waals surface area contributed by atoms with E-state index in [2.05, 4.69) is 4.99 Å². The number of phenols is 1. The highest BCUT2D eigenvalue weighted by molar-refractivity contribution is 5.83. The first-order valence-corrected chi connectivity index (χ1v) is 9.68. The molecule has 0 bridgehead atoms. The van der Waals surface area contributed by atoms with E-state index < -0.39 is 74.6 Å². The second kappa shape index (κ2) is 10.3. The molecule has 1 aromatic rings. The monoisotopic (exact) mass is 445 g/mol. The van der Waals surface area contributed by atoms with E-state index in [1.165, 1.54) is 12.3 Å². The molecule has 2 saturated heterocycles. The van der Waals surface area contributed by atoms with Gasteiger partial charge in [0.25, 0.3) is 0 Å². The van der Waals surface area contributed by atoms with Crippen LogP contribution in [0, 0.1) is 0 Å². The zero-order valence-electron chi connectivity index (χ0n) is 16.3. The number of aromatic hydroxyl groups is 1. The van der Waals surface area contributed by atoms with E-state index in [0.717, 1.165) is 0 Å². The zero-order chi connectivity index (χ0) is 22.7. The third-order valence-electron chi connectivity index (χ3n) is 5.28. The Morgan fingerprint density at radius 3 is 2.16 bits per heavy atom. The molecule has 0 spiro atoms. The predicted molar refractivity (Wildman–Crippen MR) is 102 cm³/mol. The highest BCUT2D eigenvalue weighted by Gasteiger charge is 2.50. The third-order valence-corrected chi connectivity index (χ3v) is 5.28. The summed E-state index contributed by atoms with van der Waals surface area (Å²) in [6.07, 6.45) is -13.8. The number of nitrogens with zero attached hydrogens (tertiary/aromatic N) is 1. The van der Waals surface area contributed by atoms with E-state index in [9.17, 15) is 40.9 Å². The quantitative estimate of drug-likeness (QED) is 0.201. The highest BCUT2D eigenvalue weighted by atomic mass is 16.7. The van der Waals surface area contributed by atoms with Gasteiger partial charge in [-0.3, -0.25) is 4.99 Å². The van der Waals surface area contributed by atoms with Crippen molar-refractivity contribution in [2.45, 2.75) is 61.3 Å². The minimum atomic E-state index is -1.74. The molecule has 0 radical (unpaired) electrons. The topological polar surface area (TPSA) is 202 Å². The van der Waals surface area contributed by atoms with Crippen molar-refractivity contribution in [3.63, 3.8) is 0 Å². The van der Waals surface area contributed by atoms with Crippen LogP contribution in [0.15, 0.2) is 29.3 Å². The van der Waals surface area contributed by atoms with E-state index in [1.807, 2.05) is 0 Å². The van der Waals surface area contributed by atoms with Gasteiger partial charge in [0.05, 0.1) is 13.2 Å². The Morgan fingerprint density at radius 2 is 1.52 bits per heavy atom. The number of aliphatic hydroxyl groups is 7. The normalized spacial score (nSPS) is 41.5. The van der Waals surface area contributed by atoms with Gasteiger partial charge in [0, 0.05) is 11.8 Å². The van der Waals surface area contributed by atoms with Crippen LogP contribution in [0.25, 0.3) is 0 Å². The summed E-state index contributed by atoms with van der Waals surface area (Å²) in [6, 6.07) is 6.29. The van der Waals surface area contributed by atoms with Crippen molar-refractivity contribution < 1.29 is 55.1 Å². The first-order chi connectivity index (χ1) is 14.8. The molecule has 3 rings (SSSR count).